The van der Waals surface area contributed by atoms with Gasteiger partial charge in [0.2, 0.25) is 5.91 Å². The highest BCUT2D eigenvalue weighted by atomic mass is 19.1. The minimum atomic E-state index is -1.33. The first-order valence-corrected chi connectivity index (χ1v) is 6.15. The number of halogens is 2. The Kier molecular flexibility index (Phi) is 6.38. The third-order valence-electron chi connectivity index (χ3n) is 2.53. The molecule has 0 fully saturated rings. The van der Waals surface area contributed by atoms with Crippen molar-refractivity contribution in [2.75, 3.05) is 19.6 Å². The summed E-state index contributed by atoms with van der Waals surface area (Å²) in [7, 11) is 0. The lowest BCUT2D eigenvalue weighted by atomic mass is 10.1. The first kappa shape index (κ1) is 15.5. The lowest BCUT2D eigenvalue weighted by Gasteiger charge is -2.13. The van der Waals surface area contributed by atoms with Crippen molar-refractivity contribution in [3.05, 3.63) is 35.4 Å². The van der Waals surface area contributed by atoms with E-state index in [0.717, 1.165) is 18.6 Å². The molecule has 0 radical (unpaired) electrons. The molecule has 1 rings (SSSR count). The Bertz CT molecular complexity index is 407. The zero-order valence-electron chi connectivity index (χ0n) is 10.7. The Balaban J connectivity index is 2.43. The Hall–Kier alpha value is -1.53. The van der Waals surface area contributed by atoms with Crippen LogP contribution in [0.2, 0.25) is 0 Å². The monoisotopic (exact) mass is 272 g/mol. The van der Waals surface area contributed by atoms with Gasteiger partial charge < -0.3 is 15.7 Å². The first-order valence-electron chi connectivity index (χ1n) is 6.15. The molecule has 0 aliphatic rings. The van der Waals surface area contributed by atoms with E-state index in [4.69, 9.17) is 0 Å². The van der Waals surface area contributed by atoms with Crippen LogP contribution in [0, 0.1) is 11.6 Å². The molecule has 106 valence electrons. The summed E-state index contributed by atoms with van der Waals surface area (Å²) < 4.78 is 26.7. The summed E-state index contributed by atoms with van der Waals surface area (Å²) in [6.07, 6.45) is -0.505. The van der Waals surface area contributed by atoms with Crippen molar-refractivity contribution in [1.29, 1.82) is 0 Å². The topological polar surface area (TPSA) is 61.4 Å². The molecule has 0 heterocycles. The van der Waals surface area contributed by atoms with Gasteiger partial charge in [0.15, 0.2) is 0 Å². The number of amides is 1. The van der Waals surface area contributed by atoms with E-state index in [1.807, 2.05) is 6.92 Å². The van der Waals surface area contributed by atoms with Gasteiger partial charge in [-0.2, -0.15) is 0 Å². The fraction of sp³-hybridized carbons (Fsp3) is 0.462. The molecule has 4 nitrogen and oxygen atoms in total. The summed E-state index contributed by atoms with van der Waals surface area (Å²) in [5.74, 6) is -1.82. The van der Waals surface area contributed by atoms with E-state index in [-0.39, 0.29) is 24.6 Å². The van der Waals surface area contributed by atoms with Crippen molar-refractivity contribution in [3.8, 4) is 0 Å². The standard InChI is InChI=1S/C13H18F2N2O2/c1-2-6-17-12(19)8-16-7-11(18)13-9(14)4-3-5-10(13)15/h3-5,11,16,18H,2,6-8H2,1H3,(H,17,19). The van der Waals surface area contributed by atoms with E-state index in [9.17, 15) is 18.7 Å². The highest BCUT2D eigenvalue weighted by molar-refractivity contribution is 5.77. The van der Waals surface area contributed by atoms with Crippen LogP contribution in [-0.2, 0) is 4.79 Å². The molecule has 0 saturated carbocycles. The molecule has 3 N–H and O–H groups in total. The maximum atomic E-state index is 13.3. The van der Waals surface area contributed by atoms with Gasteiger partial charge in [-0.3, -0.25) is 4.79 Å². The summed E-state index contributed by atoms with van der Waals surface area (Å²) in [6.45, 7) is 2.40. The van der Waals surface area contributed by atoms with E-state index in [2.05, 4.69) is 10.6 Å². The van der Waals surface area contributed by atoms with E-state index < -0.39 is 17.7 Å². The van der Waals surface area contributed by atoms with Crippen molar-refractivity contribution in [1.82, 2.24) is 10.6 Å². The zero-order valence-corrected chi connectivity index (χ0v) is 10.7. The summed E-state index contributed by atoms with van der Waals surface area (Å²) in [6, 6.07) is 3.39. The van der Waals surface area contributed by atoms with Crippen LogP contribution in [0.3, 0.4) is 0 Å². The maximum absolute atomic E-state index is 13.3. The van der Waals surface area contributed by atoms with Crippen LogP contribution in [-0.4, -0.2) is 30.6 Å². The van der Waals surface area contributed by atoms with Gasteiger partial charge in [0.25, 0.3) is 0 Å². The van der Waals surface area contributed by atoms with Crippen LogP contribution in [0.15, 0.2) is 18.2 Å². The molecule has 1 atom stereocenters. The third-order valence-corrected chi connectivity index (χ3v) is 2.53. The van der Waals surface area contributed by atoms with E-state index in [1.165, 1.54) is 6.07 Å². The number of carbonyl (C=O) groups excluding carboxylic acids is 1. The van der Waals surface area contributed by atoms with Crippen LogP contribution >= 0.6 is 0 Å². The Morgan fingerprint density at radius 3 is 2.58 bits per heavy atom. The van der Waals surface area contributed by atoms with E-state index >= 15 is 0 Å². The number of aliphatic hydroxyl groups excluding tert-OH is 1. The maximum Gasteiger partial charge on any atom is 0.233 e. The van der Waals surface area contributed by atoms with Crippen molar-refractivity contribution in [2.45, 2.75) is 19.4 Å². The highest BCUT2D eigenvalue weighted by Gasteiger charge is 2.17. The lowest BCUT2D eigenvalue weighted by Crippen LogP contribution is -2.36. The minimum absolute atomic E-state index is 0.00681. The van der Waals surface area contributed by atoms with Gasteiger partial charge in [-0.25, -0.2) is 8.78 Å². The van der Waals surface area contributed by atoms with Crippen molar-refractivity contribution in [3.63, 3.8) is 0 Å². The van der Waals surface area contributed by atoms with Gasteiger partial charge in [-0.1, -0.05) is 13.0 Å². The van der Waals surface area contributed by atoms with Crippen LogP contribution in [0.4, 0.5) is 8.78 Å². The molecule has 1 amide bonds. The third kappa shape index (κ3) is 4.92. The fourth-order valence-corrected chi connectivity index (χ4v) is 1.58. The predicted octanol–water partition coefficient (Wildman–Crippen LogP) is 1.11. The smallest absolute Gasteiger partial charge is 0.233 e. The molecule has 0 aliphatic carbocycles. The summed E-state index contributed by atoms with van der Waals surface area (Å²) in [5.41, 5.74) is -0.385. The van der Waals surface area contributed by atoms with Crippen molar-refractivity contribution in [2.24, 2.45) is 0 Å². The van der Waals surface area contributed by atoms with Crippen molar-refractivity contribution >= 4 is 5.91 Å². The van der Waals surface area contributed by atoms with Crippen LogP contribution in [0.1, 0.15) is 25.0 Å². The van der Waals surface area contributed by atoms with Gasteiger partial charge in [0.1, 0.15) is 11.6 Å². The number of nitrogens with one attached hydrogen (secondary N) is 2. The normalized spacial score (nSPS) is 12.2. The molecular weight excluding hydrogens is 254 g/mol. The number of rotatable bonds is 7. The Labute approximate surface area is 110 Å². The minimum Gasteiger partial charge on any atom is -0.387 e. The number of hydrogen-bond acceptors (Lipinski definition) is 3. The van der Waals surface area contributed by atoms with Gasteiger partial charge in [0.05, 0.1) is 18.2 Å². The summed E-state index contributed by atoms with van der Waals surface area (Å²) in [4.78, 5) is 11.3. The average Bonchev–Trinajstić information content (AvgIpc) is 2.36. The van der Waals surface area contributed by atoms with E-state index in [1.54, 1.807) is 0 Å². The zero-order chi connectivity index (χ0) is 14.3. The van der Waals surface area contributed by atoms with Crippen LogP contribution < -0.4 is 10.6 Å². The van der Waals surface area contributed by atoms with Gasteiger partial charge >= 0.3 is 0 Å². The summed E-state index contributed by atoms with van der Waals surface area (Å²) in [5, 5.41) is 15.0. The molecule has 0 saturated heterocycles. The van der Waals surface area contributed by atoms with Crippen LogP contribution in [0.5, 0.6) is 0 Å². The number of aliphatic hydroxyl groups is 1. The molecule has 19 heavy (non-hydrogen) atoms. The number of carbonyl (C=O) groups is 1. The molecule has 0 aliphatic heterocycles. The second-order valence-electron chi connectivity index (χ2n) is 4.13. The lowest BCUT2D eigenvalue weighted by molar-refractivity contribution is -0.120. The largest absolute Gasteiger partial charge is 0.387 e. The molecule has 1 unspecified atom stereocenters. The molecular formula is C13H18F2N2O2. The highest BCUT2D eigenvalue weighted by Crippen LogP contribution is 2.19. The molecule has 1 aromatic rings. The van der Waals surface area contributed by atoms with Gasteiger partial charge in [0, 0.05) is 13.1 Å². The average molecular weight is 272 g/mol. The molecule has 6 heteroatoms. The van der Waals surface area contributed by atoms with Gasteiger partial charge in [-0.15, -0.1) is 0 Å². The van der Waals surface area contributed by atoms with Crippen LogP contribution in [0.25, 0.3) is 0 Å². The second-order valence-corrected chi connectivity index (χ2v) is 4.13. The Morgan fingerprint density at radius 2 is 2.00 bits per heavy atom. The quantitative estimate of drug-likeness (QED) is 0.697. The fourth-order valence-electron chi connectivity index (χ4n) is 1.58. The van der Waals surface area contributed by atoms with Gasteiger partial charge in [-0.05, 0) is 18.6 Å². The number of hydrogen-bond donors (Lipinski definition) is 3. The molecule has 0 aromatic heterocycles. The second kappa shape index (κ2) is 7.81. The Morgan fingerprint density at radius 1 is 1.37 bits per heavy atom. The SMILES string of the molecule is CCCNC(=O)CNCC(O)c1c(F)cccc1F. The molecule has 0 bridgehead atoms. The predicted molar refractivity (Wildman–Crippen MR) is 67.5 cm³/mol. The molecule has 0 spiro atoms. The summed E-state index contributed by atoms with van der Waals surface area (Å²) >= 11 is 0. The van der Waals surface area contributed by atoms with E-state index in [0.29, 0.717) is 6.54 Å². The first-order chi connectivity index (χ1) is 9.06. The number of benzene rings is 1. The van der Waals surface area contributed by atoms with Crippen molar-refractivity contribution < 1.29 is 18.7 Å². The molecule has 1 aromatic carbocycles.